The van der Waals surface area contributed by atoms with Crippen molar-refractivity contribution < 1.29 is 18.8 Å². The molecule has 0 spiro atoms. The van der Waals surface area contributed by atoms with Gasteiger partial charge in [-0.2, -0.15) is 4.98 Å². The third-order valence-corrected chi connectivity index (χ3v) is 4.67. The molecular weight excluding hydrogens is 322 g/mol. The Kier molecular flexibility index (Phi) is 4.29. The number of aryl methyl sites for hydroxylation is 1. The fourth-order valence-corrected chi connectivity index (χ4v) is 3.31. The molecule has 0 N–H and O–H groups in total. The van der Waals surface area contributed by atoms with Gasteiger partial charge in [-0.05, 0) is 25.0 Å². The summed E-state index contributed by atoms with van der Waals surface area (Å²) in [5.41, 5.74) is 0. The zero-order valence-electron chi connectivity index (χ0n) is 14.2. The second kappa shape index (κ2) is 6.74. The topological polar surface area (TPSA) is 77.7 Å². The first-order valence-electron chi connectivity index (χ1n) is 8.74. The van der Waals surface area contributed by atoms with Gasteiger partial charge in [-0.3, -0.25) is 4.79 Å². The minimum atomic E-state index is -0.606. The predicted molar refractivity (Wildman–Crippen MR) is 88.6 cm³/mol. The van der Waals surface area contributed by atoms with Crippen molar-refractivity contribution in [1.82, 2.24) is 15.0 Å². The fraction of sp³-hybridized carbons (Fsp3) is 0.500. The lowest BCUT2D eigenvalue weighted by Crippen LogP contribution is -2.49. The lowest BCUT2D eigenvalue weighted by atomic mass is 9.97. The smallest absolute Gasteiger partial charge is 0.267 e. The van der Waals surface area contributed by atoms with Crippen LogP contribution in [0.5, 0.6) is 11.5 Å². The van der Waals surface area contributed by atoms with Gasteiger partial charge in [-0.1, -0.05) is 24.2 Å². The minimum Gasteiger partial charge on any atom is -0.485 e. The van der Waals surface area contributed by atoms with Gasteiger partial charge in [-0.15, -0.1) is 0 Å². The minimum absolute atomic E-state index is 0.0431. The molecule has 0 unspecified atom stereocenters. The molecule has 1 saturated heterocycles. The van der Waals surface area contributed by atoms with E-state index in [2.05, 4.69) is 10.1 Å². The summed E-state index contributed by atoms with van der Waals surface area (Å²) in [6.07, 6.45) is 1.98. The molecule has 1 amide bonds. The molecule has 1 fully saturated rings. The maximum absolute atomic E-state index is 12.9. The van der Waals surface area contributed by atoms with Crippen LogP contribution in [0.25, 0.3) is 0 Å². The van der Waals surface area contributed by atoms with Gasteiger partial charge >= 0.3 is 0 Å². The highest BCUT2D eigenvalue weighted by Crippen LogP contribution is 2.32. The zero-order chi connectivity index (χ0) is 17.2. The Morgan fingerprint density at radius 1 is 1.32 bits per heavy atom. The highest BCUT2D eigenvalue weighted by atomic mass is 16.6. The number of rotatable bonds is 3. The van der Waals surface area contributed by atoms with Gasteiger partial charge in [0.05, 0.1) is 0 Å². The molecule has 1 aromatic heterocycles. The standard InChI is InChI=1S/C18H21N3O4/c1-2-16-19-17(20-25-16)12-6-5-9-21(10-12)18(22)15-11-23-13-7-3-4-8-14(13)24-15/h3-4,7-8,12,15H,2,5-6,9-11H2,1H3/t12-,15+/m1/s1. The summed E-state index contributed by atoms with van der Waals surface area (Å²) >= 11 is 0. The number of benzene rings is 1. The first kappa shape index (κ1) is 15.9. The van der Waals surface area contributed by atoms with Crippen LogP contribution in [0.1, 0.15) is 37.4 Å². The SMILES string of the molecule is CCc1nc([C@@H]2CCCN(C(=O)[C@@H]3COc4ccccc4O3)C2)no1. The number of hydrogen-bond acceptors (Lipinski definition) is 6. The van der Waals surface area contributed by atoms with E-state index in [1.807, 2.05) is 36.1 Å². The van der Waals surface area contributed by atoms with E-state index in [9.17, 15) is 4.79 Å². The lowest BCUT2D eigenvalue weighted by Gasteiger charge is -2.35. The molecule has 7 nitrogen and oxygen atoms in total. The van der Waals surface area contributed by atoms with E-state index in [0.29, 0.717) is 29.8 Å². The molecule has 0 aliphatic carbocycles. The predicted octanol–water partition coefficient (Wildman–Crippen LogP) is 2.18. The number of likely N-dealkylation sites (tertiary alicyclic amines) is 1. The summed E-state index contributed by atoms with van der Waals surface area (Å²) in [6.45, 7) is 3.52. The molecule has 132 valence electrons. The van der Waals surface area contributed by atoms with Crippen molar-refractivity contribution in [3.05, 3.63) is 36.0 Å². The van der Waals surface area contributed by atoms with Crippen LogP contribution in [-0.2, 0) is 11.2 Å². The maximum atomic E-state index is 12.9. The molecule has 2 aliphatic heterocycles. The number of fused-ring (bicyclic) bond motifs is 1. The van der Waals surface area contributed by atoms with Crippen LogP contribution < -0.4 is 9.47 Å². The highest BCUT2D eigenvalue weighted by molar-refractivity contribution is 5.82. The van der Waals surface area contributed by atoms with Crippen molar-refractivity contribution in [1.29, 1.82) is 0 Å². The average Bonchev–Trinajstić information content (AvgIpc) is 3.16. The molecule has 3 heterocycles. The van der Waals surface area contributed by atoms with Crippen LogP contribution in [-0.4, -0.2) is 46.7 Å². The second-order valence-corrected chi connectivity index (χ2v) is 6.39. The number of amides is 1. The molecule has 4 rings (SSSR count). The fourth-order valence-electron chi connectivity index (χ4n) is 3.31. The quantitative estimate of drug-likeness (QED) is 0.850. The lowest BCUT2D eigenvalue weighted by molar-refractivity contribution is -0.142. The summed E-state index contributed by atoms with van der Waals surface area (Å²) in [5.74, 6) is 2.70. The maximum Gasteiger partial charge on any atom is 0.267 e. The van der Waals surface area contributed by atoms with Gasteiger partial charge in [0.25, 0.3) is 5.91 Å². The third kappa shape index (κ3) is 3.18. The second-order valence-electron chi connectivity index (χ2n) is 6.39. The van der Waals surface area contributed by atoms with E-state index in [0.717, 1.165) is 25.8 Å². The van der Waals surface area contributed by atoms with Crippen LogP contribution in [0.15, 0.2) is 28.8 Å². The van der Waals surface area contributed by atoms with Crippen molar-refractivity contribution in [3.8, 4) is 11.5 Å². The number of piperidine rings is 1. The van der Waals surface area contributed by atoms with Gasteiger partial charge < -0.3 is 18.9 Å². The van der Waals surface area contributed by atoms with Crippen LogP contribution in [0.3, 0.4) is 0 Å². The van der Waals surface area contributed by atoms with E-state index in [4.69, 9.17) is 14.0 Å². The summed E-state index contributed by atoms with van der Waals surface area (Å²) in [7, 11) is 0. The van der Waals surface area contributed by atoms with Crippen molar-refractivity contribution in [2.24, 2.45) is 0 Å². The number of nitrogens with zero attached hydrogens (tertiary/aromatic N) is 3. The average molecular weight is 343 g/mol. The summed E-state index contributed by atoms with van der Waals surface area (Å²) < 4.78 is 16.7. The molecule has 2 atom stereocenters. The molecule has 7 heteroatoms. The summed E-state index contributed by atoms with van der Waals surface area (Å²) in [6, 6.07) is 7.41. The Morgan fingerprint density at radius 3 is 2.96 bits per heavy atom. The normalized spacial score (nSPS) is 22.7. The number of carbonyl (C=O) groups excluding carboxylic acids is 1. The first-order valence-corrected chi connectivity index (χ1v) is 8.74. The largest absolute Gasteiger partial charge is 0.485 e. The molecule has 25 heavy (non-hydrogen) atoms. The molecule has 2 aromatic rings. The molecule has 0 radical (unpaired) electrons. The Morgan fingerprint density at radius 2 is 2.16 bits per heavy atom. The van der Waals surface area contributed by atoms with E-state index in [1.165, 1.54) is 0 Å². The molecule has 2 aliphatic rings. The Balaban J connectivity index is 1.43. The van der Waals surface area contributed by atoms with Crippen molar-refractivity contribution in [2.45, 2.75) is 38.2 Å². The van der Waals surface area contributed by atoms with Crippen LogP contribution in [0, 0.1) is 0 Å². The number of aromatic nitrogens is 2. The molecule has 0 bridgehead atoms. The number of ether oxygens (including phenoxy) is 2. The number of carbonyl (C=O) groups is 1. The van der Waals surface area contributed by atoms with E-state index in [1.54, 1.807) is 0 Å². The third-order valence-electron chi connectivity index (χ3n) is 4.67. The Hall–Kier alpha value is -2.57. The van der Waals surface area contributed by atoms with Gasteiger partial charge in [0.15, 0.2) is 17.3 Å². The molecule has 0 saturated carbocycles. The monoisotopic (exact) mass is 343 g/mol. The summed E-state index contributed by atoms with van der Waals surface area (Å²) in [5, 5.41) is 4.07. The van der Waals surface area contributed by atoms with Gasteiger partial charge in [0.1, 0.15) is 6.61 Å². The number of hydrogen-bond donors (Lipinski definition) is 0. The van der Waals surface area contributed by atoms with Crippen molar-refractivity contribution in [2.75, 3.05) is 19.7 Å². The first-order chi connectivity index (χ1) is 12.2. The highest BCUT2D eigenvalue weighted by Gasteiger charge is 2.34. The Bertz CT molecular complexity index is 760. The van der Waals surface area contributed by atoms with Crippen molar-refractivity contribution >= 4 is 5.91 Å². The van der Waals surface area contributed by atoms with E-state index >= 15 is 0 Å². The van der Waals surface area contributed by atoms with Crippen molar-refractivity contribution in [3.63, 3.8) is 0 Å². The molecular formula is C18H21N3O4. The number of para-hydroxylation sites is 2. The Labute approximate surface area is 145 Å². The zero-order valence-corrected chi connectivity index (χ0v) is 14.2. The van der Waals surface area contributed by atoms with Gasteiger partial charge in [-0.25, -0.2) is 0 Å². The van der Waals surface area contributed by atoms with Crippen LogP contribution >= 0.6 is 0 Å². The van der Waals surface area contributed by atoms with Gasteiger partial charge in [0.2, 0.25) is 12.0 Å². The van der Waals surface area contributed by atoms with E-state index in [-0.39, 0.29) is 18.4 Å². The van der Waals surface area contributed by atoms with Gasteiger partial charge in [0, 0.05) is 25.4 Å². The van der Waals surface area contributed by atoms with E-state index < -0.39 is 6.10 Å². The van der Waals surface area contributed by atoms with Crippen LogP contribution in [0.4, 0.5) is 0 Å². The summed E-state index contributed by atoms with van der Waals surface area (Å²) in [4.78, 5) is 19.1. The molecule has 1 aromatic carbocycles. The van der Waals surface area contributed by atoms with Crippen LogP contribution in [0.2, 0.25) is 0 Å².